The summed E-state index contributed by atoms with van der Waals surface area (Å²) in [7, 11) is 2.97. The number of methoxy groups -OCH3 is 1. The van der Waals surface area contributed by atoms with E-state index in [9.17, 15) is 14.9 Å². The number of nitro groups is 1. The molecule has 104 valence electrons. The molecule has 0 aliphatic carbocycles. The summed E-state index contributed by atoms with van der Waals surface area (Å²) in [6.45, 7) is 1.98. The first kappa shape index (κ1) is 14.9. The minimum atomic E-state index is -0.904. The van der Waals surface area contributed by atoms with Crippen LogP contribution in [0.4, 0.5) is 5.69 Å². The number of hydrogen-bond acceptors (Lipinski definition) is 6. The minimum Gasteiger partial charge on any atom is -0.472 e. The Kier molecular flexibility index (Phi) is 5.25. The number of rotatable bonds is 6. The molecule has 1 N–H and O–H groups in total. The molecule has 1 unspecified atom stereocenters. The molecule has 19 heavy (non-hydrogen) atoms. The molecule has 0 fully saturated rings. The third-order valence-electron chi connectivity index (χ3n) is 2.44. The second-order valence-electron chi connectivity index (χ2n) is 3.87. The van der Waals surface area contributed by atoms with Crippen LogP contribution >= 0.6 is 0 Å². The molecule has 0 heterocycles. The average molecular weight is 268 g/mol. The van der Waals surface area contributed by atoms with Crippen LogP contribution < -0.4 is 10.1 Å². The number of nitrogens with one attached hydrogen (secondary N) is 1. The molecule has 0 saturated heterocycles. The summed E-state index contributed by atoms with van der Waals surface area (Å²) < 4.78 is 9.76. The first-order chi connectivity index (χ1) is 8.99. The molecule has 0 saturated carbocycles. The minimum absolute atomic E-state index is 0.0442. The quantitative estimate of drug-likeness (QED) is 0.474. The molecule has 0 bridgehead atoms. The second kappa shape index (κ2) is 6.69. The lowest BCUT2D eigenvalue weighted by Crippen LogP contribution is -2.25. The van der Waals surface area contributed by atoms with Gasteiger partial charge in [-0.2, -0.15) is 0 Å². The topological polar surface area (TPSA) is 90.7 Å². The van der Waals surface area contributed by atoms with E-state index in [1.54, 1.807) is 13.1 Å². The van der Waals surface area contributed by atoms with Gasteiger partial charge in [0, 0.05) is 12.6 Å². The van der Waals surface area contributed by atoms with Gasteiger partial charge in [-0.15, -0.1) is 0 Å². The predicted octanol–water partition coefficient (Wildman–Crippen LogP) is 1.25. The molecule has 7 nitrogen and oxygen atoms in total. The maximum atomic E-state index is 11.2. The molecule has 1 aromatic carbocycles. The Balaban J connectivity index is 3.00. The van der Waals surface area contributed by atoms with Crippen molar-refractivity contribution in [1.82, 2.24) is 5.32 Å². The van der Waals surface area contributed by atoms with Crippen LogP contribution in [-0.4, -0.2) is 31.2 Å². The first-order valence-corrected chi connectivity index (χ1v) is 5.66. The number of esters is 1. The lowest BCUT2D eigenvalue weighted by Gasteiger charge is -2.13. The summed E-state index contributed by atoms with van der Waals surface area (Å²) in [5, 5.41) is 13.9. The normalized spacial score (nSPS) is 11.7. The number of hydrogen-bond donors (Lipinski definition) is 1. The average Bonchev–Trinajstić information content (AvgIpc) is 2.39. The van der Waals surface area contributed by atoms with Crippen molar-refractivity contribution in [2.75, 3.05) is 14.2 Å². The van der Waals surface area contributed by atoms with Gasteiger partial charge in [0.1, 0.15) is 0 Å². The van der Waals surface area contributed by atoms with Crippen LogP contribution in [0.3, 0.4) is 0 Å². The predicted molar refractivity (Wildman–Crippen MR) is 68.0 cm³/mol. The van der Waals surface area contributed by atoms with Crippen molar-refractivity contribution in [1.29, 1.82) is 0 Å². The van der Waals surface area contributed by atoms with Crippen molar-refractivity contribution in [3.63, 3.8) is 0 Å². The van der Waals surface area contributed by atoms with Crippen LogP contribution in [0.2, 0.25) is 0 Å². The lowest BCUT2D eigenvalue weighted by atomic mass is 10.2. The van der Waals surface area contributed by atoms with Gasteiger partial charge in [-0.25, -0.2) is 4.79 Å². The smallest absolute Gasteiger partial charge is 0.346 e. The maximum Gasteiger partial charge on any atom is 0.346 e. The number of nitrogens with zero attached hydrogens (tertiary/aromatic N) is 1. The van der Waals surface area contributed by atoms with E-state index in [0.717, 1.165) is 5.56 Å². The van der Waals surface area contributed by atoms with Crippen molar-refractivity contribution in [3.8, 4) is 5.75 Å². The van der Waals surface area contributed by atoms with Crippen LogP contribution in [0.5, 0.6) is 5.75 Å². The molecule has 0 amide bonds. The molecule has 0 aliphatic heterocycles. The molecular weight excluding hydrogens is 252 g/mol. The highest BCUT2D eigenvalue weighted by atomic mass is 16.6. The van der Waals surface area contributed by atoms with Gasteiger partial charge in [0.15, 0.2) is 11.9 Å². The fourth-order valence-corrected chi connectivity index (χ4v) is 1.52. The summed E-state index contributed by atoms with van der Waals surface area (Å²) in [6, 6.07) is 4.59. The van der Waals surface area contributed by atoms with Gasteiger partial charge in [0.2, 0.25) is 0 Å². The summed E-state index contributed by atoms with van der Waals surface area (Å²) in [6.07, 6.45) is -0.904. The molecule has 1 aromatic rings. The zero-order chi connectivity index (χ0) is 14.4. The summed E-state index contributed by atoms with van der Waals surface area (Å²) in [5.41, 5.74) is 0.579. The van der Waals surface area contributed by atoms with Crippen LogP contribution in [-0.2, 0) is 16.1 Å². The second-order valence-corrected chi connectivity index (χ2v) is 3.87. The van der Waals surface area contributed by atoms with Crippen LogP contribution in [0.1, 0.15) is 12.5 Å². The van der Waals surface area contributed by atoms with Gasteiger partial charge in [-0.1, -0.05) is 6.07 Å². The zero-order valence-corrected chi connectivity index (χ0v) is 11.0. The third kappa shape index (κ3) is 3.92. The van der Waals surface area contributed by atoms with Gasteiger partial charge in [-0.05, 0) is 25.6 Å². The highest BCUT2D eigenvalue weighted by Crippen LogP contribution is 2.29. The Bertz CT molecular complexity index is 475. The molecule has 0 radical (unpaired) electrons. The Morgan fingerprint density at radius 1 is 1.53 bits per heavy atom. The monoisotopic (exact) mass is 268 g/mol. The van der Waals surface area contributed by atoms with E-state index < -0.39 is 17.0 Å². The van der Waals surface area contributed by atoms with Crippen molar-refractivity contribution >= 4 is 11.7 Å². The first-order valence-electron chi connectivity index (χ1n) is 5.66. The Hall–Kier alpha value is -2.15. The molecule has 0 aromatic heterocycles. The maximum absolute atomic E-state index is 11.2. The summed E-state index contributed by atoms with van der Waals surface area (Å²) in [4.78, 5) is 21.7. The van der Waals surface area contributed by atoms with Crippen LogP contribution in [0.15, 0.2) is 18.2 Å². The number of carbonyl (C=O) groups is 1. The Morgan fingerprint density at radius 2 is 2.21 bits per heavy atom. The van der Waals surface area contributed by atoms with E-state index in [0.29, 0.717) is 6.54 Å². The van der Waals surface area contributed by atoms with Gasteiger partial charge < -0.3 is 14.8 Å². The molecule has 0 aliphatic rings. The van der Waals surface area contributed by atoms with E-state index in [-0.39, 0.29) is 11.4 Å². The van der Waals surface area contributed by atoms with Crippen LogP contribution in [0, 0.1) is 10.1 Å². The summed E-state index contributed by atoms with van der Waals surface area (Å²) >= 11 is 0. The van der Waals surface area contributed by atoms with E-state index >= 15 is 0 Å². The zero-order valence-electron chi connectivity index (χ0n) is 11.0. The van der Waals surface area contributed by atoms with Gasteiger partial charge >= 0.3 is 11.7 Å². The molecule has 1 atom stereocenters. The largest absolute Gasteiger partial charge is 0.472 e. The molecule has 1 rings (SSSR count). The number of benzene rings is 1. The lowest BCUT2D eigenvalue weighted by molar-refractivity contribution is -0.386. The van der Waals surface area contributed by atoms with Crippen molar-refractivity contribution < 1.29 is 19.2 Å². The van der Waals surface area contributed by atoms with Crippen LogP contribution in [0.25, 0.3) is 0 Å². The Labute approximate surface area is 110 Å². The van der Waals surface area contributed by atoms with Gasteiger partial charge in [0.25, 0.3) is 0 Å². The third-order valence-corrected chi connectivity index (χ3v) is 2.44. The van der Waals surface area contributed by atoms with E-state index in [1.165, 1.54) is 26.2 Å². The molecule has 0 spiro atoms. The van der Waals surface area contributed by atoms with Crippen molar-refractivity contribution in [2.24, 2.45) is 0 Å². The van der Waals surface area contributed by atoms with E-state index in [1.807, 2.05) is 0 Å². The number of nitro benzene ring substituents is 1. The Morgan fingerprint density at radius 3 is 2.74 bits per heavy atom. The fourth-order valence-electron chi connectivity index (χ4n) is 1.52. The summed E-state index contributed by atoms with van der Waals surface area (Å²) in [5.74, 6) is -0.545. The number of ether oxygens (including phenoxy) is 2. The molecular formula is C12H16N2O5. The highest BCUT2D eigenvalue weighted by Gasteiger charge is 2.21. The molecule has 7 heteroatoms. The van der Waals surface area contributed by atoms with Crippen molar-refractivity contribution in [2.45, 2.75) is 19.6 Å². The highest BCUT2D eigenvalue weighted by molar-refractivity contribution is 5.74. The van der Waals surface area contributed by atoms with E-state index in [4.69, 9.17) is 4.74 Å². The number of carbonyl (C=O) groups excluding carboxylic acids is 1. The van der Waals surface area contributed by atoms with Crippen molar-refractivity contribution in [3.05, 3.63) is 33.9 Å². The fraction of sp³-hybridized carbons (Fsp3) is 0.417. The standard InChI is InChI=1S/C12H16N2O5/c1-8(12(15)18-3)19-11-5-4-9(7-13-2)6-10(11)14(16)17/h4-6,8,13H,7H2,1-3H3. The van der Waals surface area contributed by atoms with E-state index in [2.05, 4.69) is 10.1 Å². The SMILES string of the molecule is CNCc1ccc(OC(C)C(=O)OC)c([N+](=O)[O-])c1. The van der Waals surface area contributed by atoms with Gasteiger partial charge in [0.05, 0.1) is 12.0 Å². The van der Waals surface area contributed by atoms with Gasteiger partial charge in [-0.3, -0.25) is 10.1 Å².